The molecule has 2 aromatic rings. The third kappa shape index (κ3) is 4.79. The quantitative estimate of drug-likeness (QED) is 0.411. The first-order valence-electron chi connectivity index (χ1n) is 7.52. The van der Waals surface area contributed by atoms with Gasteiger partial charge in [-0.3, -0.25) is 0 Å². The smallest absolute Gasteiger partial charge is 0.340 e. The van der Waals surface area contributed by atoms with E-state index in [1.54, 1.807) is 24.3 Å². The minimum atomic E-state index is -0.489. The van der Waals surface area contributed by atoms with Crippen LogP contribution >= 0.6 is 0 Å². The van der Waals surface area contributed by atoms with Gasteiger partial charge >= 0.3 is 5.97 Å². The number of phenols is 2. The maximum Gasteiger partial charge on any atom is 0.340 e. The van der Waals surface area contributed by atoms with E-state index in [2.05, 4.69) is 15.5 Å². The lowest BCUT2D eigenvalue weighted by Crippen LogP contribution is -2.20. The van der Waals surface area contributed by atoms with Crippen LogP contribution in [-0.2, 0) is 4.74 Å². The van der Waals surface area contributed by atoms with E-state index in [0.29, 0.717) is 12.2 Å². The minimum Gasteiger partial charge on any atom is -0.508 e. The molecular formula is C17H19N3O4. The molecule has 0 aliphatic rings. The maximum absolute atomic E-state index is 12.1. The molecule has 7 heteroatoms. The molecular weight excluding hydrogens is 310 g/mol. The zero-order chi connectivity index (χ0) is 17.4. The van der Waals surface area contributed by atoms with Gasteiger partial charge in [-0.25, -0.2) is 4.79 Å². The molecule has 0 amide bonds. The molecule has 2 aromatic carbocycles. The number of ether oxygens (including phenoxy) is 1. The summed E-state index contributed by atoms with van der Waals surface area (Å²) in [4.78, 5) is 12.1. The second-order valence-electron chi connectivity index (χ2n) is 4.88. The van der Waals surface area contributed by atoms with Crippen LogP contribution in [0, 0.1) is 0 Å². The number of carbonyl (C=O) groups excluding carboxylic acids is 1. The van der Waals surface area contributed by atoms with Crippen LogP contribution in [0.4, 0.5) is 11.4 Å². The summed E-state index contributed by atoms with van der Waals surface area (Å²) in [6.45, 7) is 3.61. The summed E-state index contributed by atoms with van der Waals surface area (Å²) in [7, 11) is 0. The van der Waals surface area contributed by atoms with Gasteiger partial charge in [0.1, 0.15) is 29.5 Å². The molecule has 0 radical (unpaired) electrons. The highest BCUT2D eigenvalue weighted by Gasteiger charge is 2.12. The first-order valence-corrected chi connectivity index (χ1v) is 7.52. The Morgan fingerprint density at radius 1 is 1.12 bits per heavy atom. The molecule has 0 aromatic heterocycles. The Morgan fingerprint density at radius 3 is 2.62 bits per heavy atom. The lowest BCUT2D eigenvalue weighted by Gasteiger charge is -2.06. The molecule has 24 heavy (non-hydrogen) atoms. The van der Waals surface area contributed by atoms with Gasteiger partial charge < -0.3 is 20.3 Å². The number of benzene rings is 2. The third-order valence-electron chi connectivity index (χ3n) is 3.11. The Labute approximate surface area is 139 Å². The standard InChI is InChI=1S/C17H19N3O4/c1-2-18-9-10-24-17(23)13-5-3-4-6-14(13)19-20-15-8-7-12(21)11-16(15)22/h3-8,11,18,21-22H,2,9-10H2,1H3. The van der Waals surface area contributed by atoms with Gasteiger partial charge in [0.2, 0.25) is 0 Å². The number of esters is 1. The van der Waals surface area contributed by atoms with Crippen molar-refractivity contribution in [2.45, 2.75) is 6.92 Å². The maximum atomic E-state index is 12.1. The molecule has 3 N–H and O–H groups in total. The summed E-state index contributed by atoms with van der Waals surface area (Å²) in [6.07, 6.45) is 0. The Balaban J connectivity index is 2.13. The molecule has 0 unspecified atom stereocenters. The van der Waals surface area contributed by atoms with E-state index in [-0.39, 0.29) is 29.4 Å². The Morgan fingerprint density at radius 2 is 1.88 bits per heavy atom. The molecule has 0 aliphatic heterocycles. The van der Waals surface area contributed by atoms with Crippen molar-refractivity contribution < 1.29 is 19.7 Å². The van der Waals surface area contributed by atoms with Crippen LogP contribution in [0.1, 0.15) is 17.3 Å². The van der Waals surface area contributed by atoms with E-state index < -0.39 is 5.97 Å². The van der Waals surface area contributed by atoms with E-state index in [0.717, 1.165) is 12.6 Å². The van der Waals surface area contributed by atoms with Gasteiger partial charge in [-0.2, -0.15) is 0 Å². The van der Waals surface area contributed by atoms with Crippen molar-refractivity contribution in [1.29, 1.82) is 0 Å². The molecule has 7 nitrogen and oxygen atoms in total. The SMILES string of the molecule is CCNCCOC(=O)c1ccccc1N=Nc1ccc(O)cc1O. The Bertz CT molecular complexity index is 732. The molecule has 0 aliphatic carbocycles. The second kappa shape index (κ2) is 8.64. The van der Waals surface area contributed by atoms with Crippen LogP contribution in [0.25, 0.3) is 0 Å². The number of azo groups is 1. The molecule has 126 valence electrons. The Hall–Kier alpha value is -2.93. The Kier molecular flexibility index (Phi) is 6.27. The monoisotopic (exact) mass is 329 g/mol. The predicted molar refractivity (Wildman–Crippen MR) is 89.2 cm³/mol. The minimum absolute atomic E-state index is 0.0730. The summed E-state index contributed by atoms with van der Waals surface area (Å²) >= 11 is 0. The summed E-state index contributed by atoms with van der Waals surface area (Å²) < 4.78 is 5.18. The third-order valence-corrected chi connectivity index (χ3v) is 3.11. The van der Waals surface area contributed by atoms with Crippen molar-refractivity contribution in [3.05, 3.63) is 48.0 Å². The van der Waals surface area contributed by atoms with Gasteiger partial charge in [0.15, 0.2) is 0 Å². The van der Waals surface area contributed by atoms with E-state index in [1.807, 2.05) is 6.92 Å². The number of aromatic hydroxyl groups is 2. The number of phenolic OH excluding ortho intramolecular Hbond substituents is 2. The molecule has 0 fully saturated rings. The van der Waals surface area contributed by atoms with E-state index in [9.17, 15) is 15.0 Å². The first kappa shape index (κ1) is 17.4. The fourth-order valence-electron chi connectivity index (χ4n) is 1.91. The van der Waals surface area contributed by atoms with Gasteiger partial charge in [-0.05, 0) is 30.8 Å². The highest BCUT2D eigenvalue weighted by atomic mass is 16.5. The van der Waals surface area contributed by atoms with E-state index in [4.69, 9.17) is 4.74 Å². The number of hydrogen-bond acceptors (Lipinski definition) is 7. The first-order chi connectivity index (χ1) is 11.6. The largest absolute Gasteiger partial charge is 0.508 e. The number of nitrogens with one attached hydrogen (secondary N) is 1. The highest BCUT2D eigenvalue weighted by molar-refractivity contribution is 5.94. The summed E-state index contributed by atoms with van der Waals surface area (Å²) in [5.41, 5.74) is 0.803. The number of hydrogen-bond donors (Lipinski definition) is 3. The summed E-state index contributed by atoms with van der Waals surface area (Å²) in [5.74, 6) is -0.766. The van der Waals surface area contributed by atoms with Crippen molar-refractivity contribution in [3.63, 3.8) is 0 Å². The van der Waals surface area contributed by atoms with Crippen molar-refractivity contribution in [1.82, 2.24) is 5.32 Å². The highest BCUT2D eigenvalue weighted by Crippen LogP contribution is 2.31. The van der Waals surface area contributed by atoms with Crippen LogP contribution < -0.4 is 5.32 Å². The second-order valence-corrected chi connectivity index (χ2v) is 4.88. The number of nitrogens with zero attached hydrogens (tertiary/aromatic N) is 2. The van der Waals surface area contributed by atoms with Crippen LogP contribution in [0.15, 0.2) is 52.7 Å². The van der Waals surface area contributed by atoms with E-state index >= 15 is 0 Å². The van der Waals surface area contributed by atoms with E-state index in [1.165, 1.54) is 12.1 Å². The fraction of sp³-hybridized carbons (Fsp3) is 0.235. The van der Waals surface area contributed by atoms with Gasteiger partial charge in [-0.1, -0.05) is 19.1 Å². The zero-order valence-electron chi connectivity index (χ0n) is 13.3. The topological polar surface area (TPSA) is 104 Å². The number of rotatable bonds is 7. The van der Waals surface area contributed by atoms with Crippen molar-refractivity contribution in [2.75, 3.05) is 19.7 Å². The van der Waals surface area contributed by atoms with Gasteiger partial charge in [0.25, 0.3) is 0 Å². The molecule has 0 spiro atoms. The number of carbonyl (C=O) groups is 1. The molecule has 0 atom stereocenters. The summed E-state index contributed by atoms with van der Waals surface area (Å²) in [6, 6.07) is 10.6. The van der Waals surface area contributed by atoms with Crippen molar-refractivity contribution in [2.24, 2.45) is 10.2 Å². The van der Waals surface area contributed by atoms with Crippen LogP contribution in [0.3, 0.4) is 0 Å². The zero-order valence-corrected chi connectivity index (χ0v) is 13.3. The van der Waals surface area contributed by atoms with Gasteiger partial charge in [0.05, 0.1) is 5.56 Å². The normalized spacial score (nSPS) is 10.9. The van der Waals surface area contributed by atoms with Crippen molar-refractivity contribution in [3.8, 4) is 11.5 Å². The predicted octanol–water partition coefficient (Wildman–Crippen LogP) is 3.28. The van der Waals surface area contributed by atoms with Crippen LogP contribution in [0.5, 0.6) is 11.5 Å². The molecule has 0 saturated heterocycles. The lowest BCUT2D eigenvalue weighted by molar-refractivity contribution is 0.0510. The van der Waals surface area contributed by atoms with Gasteiger partial charge in [-0.15, -0.1) is 10.2 Å². The van der Waals surface area contributed by atoms with Gasteiger partial charge in [0, 0.05) is 12.6 Å². The average Bonchev–Trinajstić information content (AvgIpc) is 2.58. The molecule has 0 saturated carbocycles. The number of likely N-dealkylation sites (N-methyl/N-ethyl adjacent to an activating group) is 1. The van der Waals surface area contributed by atoms with Crippen LogP contribution in [0.2, 0.25) is 0 Å². The fourth-order valence-corrected chi connectivity index (χ4v) is 1.91. The average molecular weight is 329 g/mol. The van der Waals surface area contributed by atoms with Crippen LogP contribution in [-0.4, -0.2) is 35.9 Å². The molecule has 0 heterocycles. The lowest BCUT2D eigenvalue weighted by atomic mass is 10.2. The molecule has 2 rings (SSSR count). The van der Waals surface area contributed by atoms with Crippen molar-refractivity contribution >= 4 is 17.3 Å². The summed E-state index contributed by atoms with van der Waals surface area (Å²) in [5, 5.41) is 29.9. The molecule has 0 bridgehead atoms.